The molecule has 7 heteroatoms. The Morgan fingerprint density at radius 2 is 2.00 bits per heavy atom. The van der Waals surface area contributed by atoms with Crippen molar-refractivity contribution < 1.29 is 17.9 Å². The largest absolute Gasteiger partial charge is 0.490 e. The fraction of sp³-hybridized carbons (Fsp3) is 0.462. The zero-order valence-electron chi connectivity index (χ0n) is 11.9. The maximum Gasteiger partial charge on any atom is 0.265 e. The van der Waals surface area contributed by atoms with E-state index in [4.69, 9.17) is 15.4 Å². The third kappa shape index (κ3) is 4.11. The molecule has 0 atom stereocenters. The highest BCUT2D eigenvalue weighted by Crippen LogP contribution is 2.29. The van der Waals surface area contributed by atoms with Gasteiger partial charge in [-0.1, -0.05) is 0 Å². The van der Waals surface area contributed by atoms with Crippen molar-refractivity contribution >= 4 is 25.6 Å². The highest BCUT2D eigenvalue weighted by atomic mass is 35.7. The number of ether oxygens (including phenoxy) is 1. The van der Waals surface area contributed by atoms with Crippen LogP contribution >= 0.6 is 10.7 Å². The Hall–Kier alpha value is -1.27. The number of amides is 1. The molecule has 0 radical (unpaired) electrons. The summed E-state index contributed by atoms with van der Waals surface area (Å²) in [5.74, 6) is -0.129. The summed E-state index contributed by atoms with van der Waals surface area (Å²) < 4.78 is 28.6. The average molecular weight is 320 g/mol. The van der Waals surface area contributed by atoms with Crippen molar-refractivity contribution in [2.24, 2.45) is 0 Å². The van der Waals surface area contributed by atoms with Gasteiger partial charge in [-0.25, -0.2) is 8.42 Å². The molecular weight excluding hydrogens is 302 g/mol. The second-order valence-corrected chi connectivity index (χ2v) is 7.12. The topological polar surface area (TPSA) is 63.7 Å². The van der Waals surface area contributed by atoms with Crippen LogP contribution in [0.3, 0.4) is 0 Å². The summed E-state index contributed by atoms with van der Waals surface area (Å²) in [5, 5.41) is 0. The van der Waals surface area contributed by atoms with E-state index in [-0.39, 0.29) is 28.2 Å². The molecule has 0 aliphatic rings. The van der Waals surface area contributed by atoms with E-state index < -0.39 is 9.05 Å². The lowest BCUT2D eigenvalue weighted by molar-refractivity contribution is 0.0802. The minimum absolute atomic E-state index is 0.144. The SMILES string of the molecule is CCN(C)C(=O)c1ccc(OC(C)C)c(S(=O)(=O)Cl)c1. The second kappa shape index (κ2) is 6.45. The highest BCUT2D eigenvalue weighted by Gasteiger charge is 2.21. The van der Waals surface area contributed by atoms with Gasteiger partial charge in [0.25, 0.3) is 15.0 Å². The molecule has 0 aliphatic carbocycles. The van der Waals surface area contributed by atoms with Crippen molar-refractivity contribution in [2.45, 2.75) is 31.8 Å². The monoisotopic (exact) mass is 319 g/mol. The van der Waals surface area contributed by atoms with Gasteiger partial charge in [-0.3, -0.25) is 4.79 Å². The number of benzene rings is 1. The van der Waals surface area contributed by atoms with Gasteiger partial charge in [0, 0.05) is 29.8 Å². The molecule has 0 N–H and O–H groups in total. The van der Waals surface area contributed by atoms with Crippen LogP contribution in [-0.2, 0) is 9.05 Å². The van der Waals surface area contributed by atoms with Gasteiger partial charge in [-0.15, -0.1) is 0 Å². The third-order valence-corrected chi connectivity index (χ3v) is 3.98. The molecular formula is C13H18ClNO4S. The summed E-state index contributed by atoms with van der Waals surface area (Å²) in [6, 6.07) is 4.22. The fourth-order valence-electron chi connectivity index (χ4n) is 1.55. The van der Waals surface area contributed by atoms with E-state index in [0.717, 1.165) is 0 Å². The third-order valence-electron chi connectivity index (χ3n) is 2.64. The first-order valence-corrected chi connectivity index (χ1v) is 8.48. The molecule has 0 unspecified atom stereocenters. The van der Waals surface area contributed by atoms with E-state index in [9.17, 15) is 13.2 Å². The molecule has 0 saturated carbocycles. The number of hydrogen-bond donors (Lipinski definition) is 0. The molecule has 1 aromatic rings. The molecule has 0 saturated heterocycles. The van der Waals surface area contributed by atoms with Crippen molar-refractivity contribution in [1.29, 1.82) is 0 Å². The normalized spacial score (nSPS) is 11.5. The van der Waals surface area contributed by atoms with Crippen molar-refractivity contribution in [1.82, 2.24) is 4.90 Å². The van der Waals surface area contributed by atoms with Gasteiger partial charge in [0.2, 0.25) is 0 Å². The number of carbonyl (C=O) groups excluding carboxylic acids is 1. The molecule has 0 spiro atoms. The van der Waals surface area contributed by atoms with E-state index in [1.165, 1.54) is 23.1 Å². The Morgan fingerprint density at radius 1 is 1.40 bits per heavy atom. The first-order valence-electron chi connectivity index (χ1n) is 6.17. The highest BCUT2D eigenvalue weighted by molar-refractivity contribution is 8.13. The summed E-state index contributed by atoms with van der Waals surface area (Å²) >= 11 is 0. The molecule has 1 aromatic carbocycles. The van der Waals surface area contributed by atoms with Crippen LogP contribution in [0.1, 0.15) is 31.1 Å². The Bertz CT molecular complexity index is 598. The smallest absolute Gasteiger partial charge is 0.265 e. The first-order chi connectivity index (χ1) is 9.16. The van der Waals surface area contributed by atoms with Crippen LogP contribution in [0.4, 0.5) is 0 Å². The van der Waals surface area contributed by atoms with E-state index >= 15 is 0 Å². The second-order valence-electron chi connectivity index (χ2n) is 4.59. The summed E-state index contributed by atoms with van der Waals surface area (Å²) in [7, 11) is 3.05. The summed E-state index contributed by atoms with van der Waals surface area (Å²) in [6.07, 6.45) is -0.202. The molecule has 0 aliphatic heterocycles. The lowest BCUT2D eigenvalue weighted by Crippen LogP contribution is -2.26. The fourth-order valence-corrected chi connectivity index (χ4v) is 2.53. The molecule has 1 amide bonds. The molecule has 112 valence electrons. The number of carbonyl (C=O) groups is 1. The average Bonchev–Trinajstić information content (AvgIpc) is 2.35. The maximum atomic E-state index is 12.0. The predicted molar refractivity (Wildman–Crippen MR) is 77.9 cm³/mol. The van der Waals surface area contributed by atoms with Crippen LogP contribution in [0, 0.1) is 0 Å². The molecule has 0 bridgehead atoms. The summed E-state index contributed by atoms with van der Waals surface area (Å²) in [4.78, 5) is 13.3. The molecule has 20 heavy (non-hydrogen) atoms. The van der Waals surface area contributed by atoms with E-state index in [0.29, 0.717) is 6.54 Å². The van der Waals surface area contributed by atoms with E-state index in [1.54, 1.807) is 20.9 Å². The zero-order valence-corrected chi connectivity index (χ0v) is 13.5. The number of hydrogen-bond acceptors (Lipinski definition) is 4. The van der Waals surface area contributed by atoms with Gasteiger partial charge in [-0.05, 0) is 39.0 Å². The standard InChI is InChI=1S/C13H18ClNO4S/c1-5-15(4)13(16)10-6-7-11(19-9(2)3)12(8-10)20(14,17)18/h6-9H,5H2,1-4H3. The van der Waals surface area contributed by atoms with Crippen molar-refractivity contribution in [3.05, 3.63) is 23.8 Å². The van der Waals surface area contributed by atoms with Crippen LogP contribution in [0.15, 0.2) is 23.1 Å². The van der Waals surface area contributed by atoms with Crippen LogP contribution in [0.25, 0.3) is 0 Å². The van der Waals surface area contributed by atoms with Crippen LogP contribution in [-0.4, -0.2) is 38.9 Å². The Morgan fingerprint density at radius 3 is 2.45 bits per heavy atom. The van der Waals surface area contributed by atoms with Gasteiger partial charge in [0.05, 0.1) is 6.10 Å². The Kier molecular flexibility index (Phi) is 5.42. The van der Waals surface area contributed by atoms with Gasteiger partial charge in [0.1, 0.15) is 10.6 Å². The van der Waals surface area contributed by atoms with Gasteiger partial charge < -0.3 is 9.64 Å². The zero-order chi connectivity index (χ0) is 15.5. The molecule has 0 fully saturated rings. The number of rotatable bonds is 5. The van der Waals surface area contributed by atoms with Crippen LogP contribution < -0.4 is 4.74 Å². The number of halogens is 1. The minimum atomic E-state index is -3.99. The summed E-state index contributed by atoms with van der Waals surface area (Å²) in [5.41, 5.74) is 0.254. The van der Waals surface area contributed by atoms with Crippen LogP contribution in [0.2, 0.25) is 0 Å². The quantitative estimate of drug-likeness (QED) is 0.782. The summed E-state index contributed by atoms with van der Waals surface area (Å²) in [6.45, 7) is 5.89. The van der Waals surface area contributed by atoms with E-state index in [2.05, 4.69) is 0 Å². The Balaban J connectivity index is 3.32. The van der Waals surface area contributed by atoms with Crippen molar-refractivity contribution in [3.63, 3.8) is 0 Å². The molecule has 0 aromatic heterocycles. The maximum absolute atomic E-state index is 12.0. The molecule has 5 nitrogen and oxygen atoms in total. The van der Waals surface area contributed by atoms with Gasteiger partial charge in [-0.2, -0.15) is 0 Å². The first kappa shape index (κ1) is 16.8. The van der Waals surface area contributed by atoms with Crippen molar-refractivity contribution in [2.75, 3.05) is 13.6 Å². The lowest BCUT2D eigenvalue weighted by atomic mass is 10.2. The van der Waals surface area contributed by atoms with Crippen LogP contribution in [0.5, 0.6) is 5.75 Å². The van der Waals surface area contributed by atoms with E-state index in [1.807, 2.05) is 6.92 Å². The lowest BCUT2D eigenvalue weighted by Gasteiger charge is -2.17. The minimum Gasteiger partial charge on any atom is -0.490 e. The van der Waals surface area contributed by atoms with Gasteiger partial charge in [0.15, 0.2) is 0 Å². The predicted octanol–water partition coefficient (Wildman–Crippen LogP) is 2.49. The van der Waals surface area contributed by atoms with Gasteiger partial charge >= 0.3 is 0 Å². The molecule has 0 heterocycles. The Labute approximate surface area is 123 Å². The number of nitrogens with zero attached hydrogens (tertiary/aromatic N) is 1. The van der Waals surface area contributed by atoms with Crippen molar-refractivity contribution in [3.8, 4) is 5.75 Å². The molecule has 1 rings (SSSR count).